The van der Waals surface area contributed by atoms with E-state index in [1.54, 1.807) is 29.6 Å². The standard InChI is InChI=1S/C25H27N3O5S/c1-15-11-16(2)14-28(13-15)34(29,30)20-9-10-22-21(12-20)17(3)23(32-22)25-26-24(27-33-25)18-5-7-19(31-4)8-6-18/h5-10,12,15-16H,11,13-14H2,1-4H3. The van der Waals surface area contributed by atoms with E-state index in [2.05, 4.69) is 24.0 Å². The molecule has 0 amide bonds. The van der Waals surface area contributed by atoms with E-state index in [1.165, 1.54) is 0 Å². The molecule has 2 unspecified atom stereocenters. The predicted octanol–water partition coefficient (Wildman–Crippen LogP) is 5.13. The summed E-state index contributed by atoms with van der Waals surface area (Å²) < 4.78 is 45.0. The third kappa shape index (κ3) is 3.99. The van der Waals surface area contributed by atoms with E-state index in [-0.39, 0.29) is 10.8 Å². The molecule has 5 rings (SSSR count). The minimum Gasteiger partial charge on any atom is -0.497 e. The lowest BCUT2D eigenvalue weighted by atomic mass is 9.94. The fourth-order valence-corrected chi connectivity index (χ4v) is 6.39. The molecule has 2 aromatic heterocycles. The Hall–Kier alpha value is -3.17. The van der Waals surface area contributed by atoms with E-state index in [1.807, 2.05) is 31.2 Å². The zero-order valence-corrected chi connectivity index (χ0v) is 20.4. The molecule has 1 saturated heterocycles. The van der Waals surface area contributed by atoms with Crippen LogP contribution in [0.4, 0.5) is 0 Å². The minimum absolute atomic E-state index is 0.239. The molecule has 9 heteroatoms. The van der Waals surface area contributed by atoms with Gasteiger partial charge in [0.25, 0.3) is 5.89 Å². The van der Waals surface area contributed by atoms with Crippen molar-refractivity contribution in [2.45, 2.75) is 32.1 Å². The molecule has 34 heavy (non-hydrogen) atoms. The summed E-state index contributed by atoms with van der Waals surface area (Å²) in [6.07, 6.45) is 1.04. The van der Waals surface area contributed by atoms with Gasteiger partial charge in [-0.15, -0.1) is 0 Å². The molecule has 0 aliphatic carbocycles. The fraction of sp³-hybridized carbons (Fsp3) is 0.360. The Balaban J connectivity index is 1.48. The molecular weight excluding hydrogens is 454 g/mol. The fourth-order valence-electron chi connectivity index (χ4n) is 4.69. The largest absolute Gasteiger partial charge is 0.497 e. The summed E-state index contributed by atoms with van der Waals surface area (Å²) in [4.78, 5) is 4.75. The zero-order valence-electron chi connectivity index (χ0n) is 19.6. The van der Waals surface area contributed by atoms with Gasteiger partial charge in [0.2, 0.25) is 15.8 Å². The first-order valence-electron chi connectivity index (χ1n) is 11.3. The van der Waals surface area contributed by atoms with Crippen LogP contribution in [-0.2, 0) is 10.0 Å². The average molecular weight is 482 g/mol. The topological polar surface area (TPSA) is 98.7 Å². The Kier molecular flexibility index (Phi) is 5.69. The highest BCUT2D eigenvalue weighted by molar-refractivity contribution is 7.89. The highest BCUT2D eigenvalue weighted by Gasteiger charge is 2.32. The molecule has 2 atom stereocenters. The normalized spacial score (nSPS) is 19.5. The van der Waals surface area contributed by atoms with Crippen LogP contribution in [0.15, 0.2) is 56.3 Å². The van der Waals surface area contributed by atoms with Gasteiger partial charge in [-0.25, -0.2) is 8.42 Å². The molecular formula is C25H27N3O5S. The van der Waals surface area contributed by atoms with Gasteiger partial charge < -0.3 is 13.7 Å². The SMILES string of the molecule is COc1ccc(-c2noc(-c3oc4ccc(S(=O)(=O)N5CC(C)CC(C)C5)cc4c3C)n2)cc1. The van der Waals surface area contributed by atoms with Crippen molar-refractivity contribution >= 4 is 21.0 Å². The van der Waals surface area contributed by atoms with Gasteiger partial charge >= 0.3 is 0 Å². The molecule has 1 aliphatic heterocycles. The van der Waals surface area contributed by atoms with Crippen LogP contribution < -0.4 is 4.74 Å². The number of nitrogens with zero attached hydrogens (tertiary/aromatic N) is 3. The number of aromatic nitrogens is 2. The maximum Gasteiger partial charge on any atom is 0.294 e. The van der Waals surface area contributed by atoms with Crippen molar-refractivity contribution in [1.29, 1.82) is 0 Å². The number of ether oxygens (including phenoxy) is 1. The van der Waals surface area contributed by atoms with Crippen molar-refractivity contribution in [3.63, 3.8) is 0 Å². The minimum atomic E-state index is -3.60. The van der Waals surface area contributed by atoms with Crippen molar-refractivity contribution in [2.24, 2.45) is 11.8 Å². The number of fused-ring (bicyclic) bond motifs is 1. The van der Waals surface area contributed by atoms with E-state index in [9.17, 15) is 8.42 Å². The third-order valence-electron chi connectivity index (χ3n) is 6.35. The molecule has 8 nitrogen and oxygen atoms in total. The van der Waals surface area contributed by atoms with Gasteiger partial charge in [-0.2, -0.15) is 9.29 Å². The molecule has 178 valence electrons. The first-order chi connectivity index (χ1) is 16.3. The summed E-state index contributed by atoms with van der Waals surface area (Å²) in [5, 5.41) is 4.78. The maximum absolute atomic E-state index is 13.4. The van der Waals surface area contributed by atoms with E-state index in [4.69, 9.17) is 13.7 Å². The van der Waals surface area contributed by atoms with Crippen molar-refractivity contribution < 1.29 is 22.1 Å². The van der Waals surface area contributed by atoms with Crippen LogP contribution >= 0.6 is 0 Å². The quantitative estimate of drug-likeness (QED) is 0.389. The second kappa shape index (κ2) is 8.56. The number of sulfonamides is 1. The Bertz CT molecular complexity index is 1430. The lowest BCUT2D eigenvalue weighted by molar-refractivity contribution is 0.222. The number of benzene rings is 2. The Morgan fingerprint density at radius 1 is 1.06 bits per heavy atom. The number of hydrogen-bond donors (Lipinski definition) is 0. The molecule has 4 aromatic rings. The van der Waals surface area contributed by atoms with E-state index >= 15 is 0 Å². The van der Waals surface area contributed by atoms with E-state index in [0.717, 1.165) is 23.3 Å². The molecule has 0 N–H and O–H groups in total. The summed E-state index contributed by atoms with van der Waals surface area (Å²) in [7, 11) is -1.99. The molecule has 1 fully saturated rings. The van der Waals surface area contributed by atoms with Gasteiger partial charge in [0.05, 0.1) is 12.0 Å². The van der Waals surface area contributed by atoms with Crippen LogP contribution in [0.3, 0.4) is 0 Å². The van der Waals surface area contributed by atoms with Crippen LogP contribution in [0.1, 0.15) is 25.8 Å². The number of piperidine rings is 1. The monoisotopic (exact) mass is 481 g/mol. The number of aryl methyl sites for hydroxylation is 1. The van der Waals surface area contributed by atoms with E-state index in [0.29, 0.717) is 47.5 Å². The highest BCUT2D eigenvalue weighted by atomic mass is 32.2. The van der Waals surface area contributed by atoms with Crippen molar-refractivity contribution in [2.75, 3.05) is 20.2 Å². The van der Waals surface area contributed by atoms with Gasteiger partial charge in [-0.1, -0.05) is 19.0 Å². The number of methoxy groups -OCH3 is 1. The van der Waals surface area contributed by atoms with Crippen molar-refractivity contribution in [3.05, 3.63) is 48.0 Å². The van der Waals surface area contributed by atoms with Crippen LogP contribution in [0.5, 0.6) is 5.75 Å². The Morgan fingerprint density at radius 3 is 2.44 bits per heavy atom. The van der Waals surface area contributed by atoms with E-state index < -0.39 is 10.0 Å². The smallest absolute Gasteiger partial charge is 0.294 e. The van der Waals surface area contributed by atoms with Crippen LogP contribution in [-0.4, -0.2) is 43.1 Å². The predicted molar refractivity (Wildman–Crippen MR) is 128 cm³/mol. The first-order valence-corrected chi connectivity index (χ1v) is 12.7. The molecule has 1 aliphatic rings. The van der Waals surface area contributed by atoms with Crippen LogP contribution in [0.25, 0.3) is 34.0 Å². The first kappa shape index (κ1) is 22.6. The number of hydrogen-bond acceptors (Lipinski definition) is 7. The summed E-state index contributed by atoms with van der Waals surface area (Å²) in [5.41, 5.74) is 2.09. The molecule has 0 spiro atoms. The second-order valence-corrected chi connectivity index (χ2v) is 11.1. The van der Waals surface area contributed by atoms with Gasteiger partial charge in [0.1, 0.15) is 11.3 Å². The zero-order chi connectivity index (χ0) is 24.0. The van der Waals surface area contributed by atoms with Gasteiger partial charge in [0, 0.05) is 29.6 Å². The van der Waals surface area contributed by atoms with Gasteiger partial charge in [-0.05, 0) is 67.6 Å². The van der Waals surface area contributed by atoms with Crippen molar-refractivity contribution in [1.82, 2.24) is 14.4 Å². The average Bonchev–Trinajstić information content (AvgIpc) is 3.43. The van der Waals surface area contributed by atoms with Crippen LogP contribution in [0.2, 0.25) is 0 Å². The summed E-state index contributed by atoms with van der Waals surface area (Å²) in [6, 6.07) is 12.3. The van der Waals surface area contributed by atoms with Gasteiger partial charge in [0.15, 0.2) is 5.76 Å². The number of furan rings is 1. The molecule has 3 heterocycles. The summed E-state index contributed by atoms with van der Waals surface area (Å²) in [6.45, 7) is 7.13. The summed E-state index contributed by atoms with van der Waals surface area (Å²) in [5.74, 6) is 2.50. The molecule has 0 radical (unpaired) electrons. The van der Waals surface area contributed by atoms with Crippen molar-refractivity contribution in [3.8, 4) is 28.8 Å². The molecule has 2 aromatic carbocycles. The molecule has 0 bridgehead atoms. The molecule has 0 saturated carbocycles. The Morgan fingerprint density at radius 2 is 1.76 bits per heavy atom. The maximum atomic E-state index is 13.4. The Labute approximate surface area is 198 Å². The number of rotatable bonds is 5. The lowest BCUT2D eigenvalue weighted by Crippen LogP contribution is -2.42. The lowest BCUT2D eigenvalue weighted by Gasteiger charge is -2.34. The second-order valence-electron chi connectivity index (χ2n) is 9.13. The summed E-state index contributed by atoms with van der Waals surface area (Å²) >= 11 is 0. The highest BCUT2D eigenvalue weighted by Crippen LogP contribution is 2.35. The van der Waals surface area contributed by atoms with Gasteiger partial charge in [-0.3, -0.25) is 0 Å². The van der Waals surface area contributed by atoms with Crippen LogP contribution in [0, 0.1) is 18.8 Å². The third-order valence-corrected chi connectivity index (χ3v) is 8.18.